The van der Waals surface area contributed by atoms with Crippen molar-refractivity contribution in [2.75, 3.05) is 33.2 Å². The second-order valence-electron chi connectivity index (χ2n) is 4.95. The SMILES string of the molecule is CCNCCN(C)CCCC1CCCC1. The summed E-state index contributed by atoms with van der Waals surface area (Å²) in [6.45, 7) is 6.87. The quantitative estimate of drug-likeness (QED) is 0.622. The minimum absolute atomic E-state index is 1.06. The van der Waals surface area contributed by atoms with Gasteiger partial charge >= 0.3 is 0 Å². The molecule has 2 nitrogen and oxygen atoms in total. The smallest absolute Gasteiger partial charge is 0.0104 e. The number of likely N-dealkylation sites (N-methyl/N-ethyl adjacent to an activating group) is 2. The molecule has 0 unspecified atom stereocenters. The summed E-state index contributed by atoms with van der Waals surface area (Å²) in [6, 6.07) is 0. The predicted octanol–water partition coefficient (Wildman–Crippen LogP) is 2.50. The Kier molecular flexibility index (Phi) is 7.03. The van der Waals surface area contributed by atoms with Crippen LogP contribution in [0.15, 0.2) is 0 Å². The lowest BCUT2D eigenvalue weighted by molar-refractivity contribution is 0.312. The van der Waals surface area contributed by atoms with Crippen LogP contribution in [-0.4, -0.2) is 38.1 Å². The van der Waals surface area contributed by atoms with Crippen LogP contribution in [0.25, 0.3) is 0 Å². The van der Waals surface area contributed by atoms with Gasteiger partial charge in [0.2, 0.25) is 0 Å². The maximum Gasteiger partial charge on any atom is 0.0104 e. The molecule has 0 amide bonds. The Bertz CT molecular complexity index is 141. The van der Waals surface area contributed by atoms with Gasteiger partial charge in [0.05, 0.1) is 0 Å². The van der Waals surface area contributed by atoms with Gasteiger partial charge in [-0.15, -0.1) is 0 Å². The van der Waals surface area contributed by atoms with E-state index in [1.54, 1.807) is 0 Å². The molecule has 0 aromatic rings. The Morgan fingerprint density at radius 2 is 1.93 bits per heavy atom. The average molecular weight is 212 g/mol. The molecule has 0 heterocycles. The minimum atomic E-state index is 1.06. The monoisotopic (exact) mass is 212 g/mol. The van der Waals surface area contributed by atoms with Crippen LogP contribution >= 0.6 is 0 Å². The maximum absolute atomic E-state index is 3.37. The fourth-order valence-corrected chi connectivity index (χ4v) is 2.51. The summed E-state index contributed by atoms with van der Waals surface area (Å²) in [5.41, 5.74) is 0. The molecular weight excluding hydrogens is 184 g/mol. The fourth-order valence-electron chi connectivity index (χ4n) is 2.51. The third kappa shape index (κ3) is 6.16. The molecule has 0 radical (unpaired) electrons. The summed E-state index contributed by atoms with van der Waals surface area (Å²) in [4.78, 5) is 2.46. The molecule has 2 heteroatoms. The van der Waals surface area contributed by atoms with Crippen LogP contribution in [0.3, 0.4) is 0 Å². The van der Waals surface area contributed by atoms with Gasteiger partial charge in [0.15, 0.2) is 0 Å². The van der Waals surface area contributed by atoms with Gasteiger partial charge in [0, 0.05) is 13.1 Å². The standard InChI is InChI=1S/C13H28N2/c1-3-14-10-12-15(2)11-6-9-13-7-4-5-8-13/h13-14H,3-12H2,1-2H3. The molecule has 0 aromatic carbocycles. The number of nitrogens with zero attached hydrogens (tertiary/aromatic N) is 1. The van der Waals surface area contributed by atoms with E-state index >= 15 is 0 Å². The second-order valence-corrected chi connectivity index (χ2v) is 4.95. The molecule has 0 bridgehead atoms. The maximum atomic E-state index is 3.37. The summed E-state index contributed by atoms with van der Waals surface area (Å²) < 4.78 is 0. The minimum Gasteiger partial charge on any atom is -0.316 e. The van der Waals surface area contributed by atoms with Gasteiger partial charge in [-0.25, -0.2) is 0 Å². The number of hydrogen-bond acceptors (Lipinski definition) is 2. The zero-order valence-corrected chi connectivity index (χ0v) is 10.6. The van der Waals surface area contributed by atoms with Crippen molar-refractivity contribution in [3.05, 3.63) is 0 Å². The van der Waals surface area contributed by atoms with E-state index in [0.717, 1.165) is 19.0 Å². The Balaban J connectivity index is 1.89. The lowest BCUT2D eigenvalue weighted by atomic mass is 10.0. The van der Waals surface area contributed by atoms with Crippen LogP contribution in [0.1, 0.15) is 45.4 Å². The molecule has 90 valence electrons. The van der Waals surface area contributed by atoms with E-state index in [1.165, 1.54) is 51.6 Å². The third-order valence-electron chi connectivity index (χ3n) is 3.55. The lowest BCUT2D eigenvalue weighted by Gasteiger charge is -2.17. The van der Waals surface area contributed by atoms with Gasteiger partial charge in [0.1, 0.15) is 0 Å². The van der Waals surface area contributed by atoms with Crippen LogP contribution < -0.4 is 5.32 Å². The van der Waals surface area contributed by atoms with Crippen LogP contribution in [0.2, 0.25) is 0 Å². The third-order valence-corrected chi connectivity index (χ3v) is 3.55. The molecule has 1 fully saturated rings. The van der Waals surface area contributed by atoms with E-state index in [4.69, 9.17) is 0 Å². The van der Waals surface area contributed by atoms with E-state index in [9.17, 15) is 0 Å². The van der Waals surface area contributed by atoms with Crippen LogP contribution in [0.5, 0.6) is 0 Å². The first-order valence-electron chi connectivity index (χ1n) is 6.72. The van der Waals surface area contributed by atoms with Gasteiger partial charge in [-0.3, -0.25) is 0 Å². The van der Waals surface area contributed by atoms with E-state index in [-0.39, 0.29) is 0 Å². The van der Waals surface area contributed by atoms with E-state index in [2.05, 4.69) is 24.2 Å². The Morgan fingerprint density at radius 1 is 1.20 bits per heavy atom. The van der Waals surface area contributed by atoms with Crippen LogP contribution in [0.4, 0.5) is 0 Å². The fraction of sp³-hybridized carbons (Fsp3) is 1.00. The summed E-state index contributed by atoms with van der Waals surface area (Å²) in [7, 11) is 2.24. The normalized spacial score (nSPS) is 17.8. The molecule has 15 heavy (non-hydrogen) atoms. The molecule has 0 saturated heterocycles. The van der Waals surface area contributed by atoms with Crippen molar-refractivity contribution in [1.29, 1.82) is 0 Å². The number of nitrogens with one attached hydrogen (secondary N) is 1. The first kappa shape index (κ1) is 13.0. The van der Waals surface area contributed by atoms with Crippen molar-refractivity contribution in [2.45, 2.75) is 45.4 Å². The van der Waals surface area contributed by atoms with Crippen molar-refractivity contribution in [3.8, 4) is 0 Å². The zero-order valence-electron chi connectivity index (χ0n) is 10.6. The summed E-state index contributed by atoms with van der Waals surface area (Å²) in [5.74, 6) is 1.06. The molecule has 0 spiro atoms. The van der Waals surface area contributed by atoms with Gasteiger partial charge in [0.25, 0.3) is 0 Å². The highest BCUT2D eigenvalue weighted by Gasteiger charge is 2.14. The molecule has 1 aliphatic carbocycles. The molecule has 1 rings (SSSR count). The molecular formula is C13H28N2. The molecule has 0 aromatic heterocycles. The van der Waals surface area contributed by atoms with Crippen molar-refractivity contribution in [3.63, 3.8) is 0 Å². The van der Waals surface area contributed by atoms with Crippen molar-refractivity contribution >= 4 is 0 Å². The van der Waals surface area contributed by atoms with Crippen LogP contribution in [0, 0.1) is 5.92 Å². The summed E-state index contributed by atoms with van der Waals surface area (Å²) in [5, 5.41) is 3.37. The first-order chi connectivity index (χ1) is 7.33. The summed E-state index contributed by atoms with van der Waals surface area (Å²) in [6.07, 6.45) is 8.84. The molecule has 0 aliphatic heterocycles. The average Bonchev–Trinajstić information content (AvgIpc) is 2.71. The largest absolute Gasteiger partial charge is 0.316 e. The van der Waals surface area contributed by atoms with Gasteiger partial charge < -0.3 is 10.2 Å². The van der Waals surface area contributed by atoms with Crippen molar-refractivity contribution < 1.29 is 0 Å². The highest BCUT2D eigenvalue weighted by molar-refractivity contribution is 4.67. The highest BCUT2D eigenvalue weighted by Crippen LogP contribution is 2.28. The van der Waals surface area contributed by atoms with E-state index < -0.39 is 0 Å². The summed E-state index contributed by atoms with van der Waals surface area (Å²) >= 11 is 0. The molecule has 1 N–H and O–H groups in total. The Hall–Kier alpha value is -0.0800. The van der Waals surface area contributed by atoms with Gasteiger partial charge in [-0.05, 0) is 38.9 Å². The van der Waals surface area contributed by atoms with E-state index in [0.29, 0.717) is 0 Å². The topological polar surface area (TPSA) is 15.3 Å². The molecule has 1 saturated carbocycles. The lowest BCUT2D eigenvalue weighted by Crippen LogP contribution is -2.29. The van der Waals surface area contributed by atoms with Gasteiger partial charge in [-0.2, -0.15) is 0 Å². The number of rotatable bonds is 8. The first-order valence-corrected chi connectivity index (χ1v) is 6.72. The molecule has 1 aliphatic rings. The Labute approximate surface area is 95.4 Å². The Morgan fingerprint density at radius 3 is 2.60 bits per heavy atom. The predicted molar refractivity (Wildman–Crippen MR) is 67.2 cm³/mol. The zero-order chi connectivity index (χ0) is 10.9. The highest BCUT2D eigenvalue weighted by atomic mass is 15.1. The van der Waals surface area contributed by atoms with Crippen LogP contribution in [-0.2, 0) is 0 Å². The van der Waals surface area contributed by atoms with E-state index in [1.807, 2.05) is 0 Å². The van der Waals surface area contributed by atoms with Crippen molar-refractivity contribution in [2.24, 2.45) is 5.92 Å². The number of hydrogen-bond donors (Lipinski definition) is 1. The van der Waals surface area contributed by atoms with Crippen molar-refractivity contribution in [1.82, 2.24) is 10.2 Å². The molecule has 0 atom stereocenters. The van der Waals surface area contributed by atoms with Gasteiger partial charge in [-0.1, -0.05) is 32.6 Å². The second kappa shape index (κ2) is 8.12.